The standard InChI is InChI=1S/C12H20N2OS/c1-3-6-14-7-5-13-12(14)9-11(15)10-16-8-4-2/h5,7H,3-4,6,8-10H2,1-2H3. The van der Waals surface area contributed by atoms with Crippen LogP contribution in [0, 0.1) is 0 Å². The van der Waals surface area contributed by atoms with Crippen molar-refractivity contribution in [2.75, 3.05) is 11.5 Å². The van der Waals surface area contributed by atoms with E-state index < -0.39 is 0 Å². The second kappa shape index (κ2) is 7.49. The Morgan fingerprint density at radius 2 is 2.25 bits per heavy atom. The summed E-state index contributed by atoms with van der Waals surface area (Å²) in [7, 11) is 0. The van der Waals surface area contributed by atoms with Crippen LogP contribution in [0.1, 0.15) is 32.5 Å². The third-order valence-electron chi connectivity index (χ3n) is 2.23. The highest BCUT2D eigenvalue weighted by Gasteiger charge is 2.08. The highest BCUT2D eigenvalue weighted by Crippen LogP contribution is 2.06. The van der Waals surface area contributed by atoms with Crippen molar-refractivity contribution in [2.24, 2.45) is 0 Å². The topological polar surface area (TPSA) is 34.9 Å². The number of Topliss-reactive ketones (excluding diaryl/α,β-unsaturated/α-hetero) is 1. The van der Waals surface area contributed by atoms with Crippen LogP contribution in [-0.2, 0) is 17.8 Å². The van der Waals surface area contributed by atoms with Crippen molar-refractivity contribution >= 4 is 17.5 Å². The Morgan fingerprint density at radius 3 is 2.94 bits per heavy atom. The Bertz CT molecular complexity index is 323. The highest BCUT2D eigenvalue weighted by atomic mass is 32.2. The van der Waals surface area contributed by atoms with Crippen molar-refractivity contribution in [2.45, 2.75) is 39.7 Å². The first-order valence-electron chi connectivity index (χ1n) is 5.87. The van der Waals surface area contributed by atoms with Gasteiger partial charge in [-0.1, -0.05) is 13.8 Å². The van der Waals surface area contributed by atoms with E-state index in [1.165, 1.54) is 0 Å². The molecule has 0 bridgehead atoms. The van der Waals surface area contributed by atoms with Crippen LogP contribution in [0.25, 0.3) is 0 Å². The van der Waals surface area contributed by atoms with Crippen molar-refractivity contribution in [3.63, 3.8) is 0 Å². The summed E-state index contributed by atoms with van der Waals surface area (Å²) in [6.07, 6.45) is 6.40. The smallest absolute Gasteiger partial charge is 0.150 e. The molecule has 90 valence electrons. The zero-order chi connectivity index (χ0) is 11.8. The predicted molar refractivity (Wildman–Crippen MR) is 68.8 cm³/mol. The molecule has 0 spiro atoms. The number of rotatable bonds is 8. The minimum Gasteiger partial charge on any atom is -0.335 e. The van der Waals surface area contributed by atoms with E-state index in [4.69, 9.17) is 0 Å². The van der Waals surface area contributed by atoms with E-state index in [-0.39, 0.29) is 5.78 Å². The summed E-state index contributed by atoms with van der Waals surface area (Å²) in [5.74, 6) is 2.87. The number of nitrogens with zero attached hydrogens (tertiary/aromatic N) is 2. The lowest BCUT2D eigenvalue weighted by Gasteiger charge is -2.05. The van der Waals surface area contributed by atoms with Crippen LogP contribution in [0.4, 0.5) is 0 Å². The molecule has 0 aromatic carbocycles. The van der Waals surface area contributed by atoms with E-state index in [2.05, 4.69) is 23.4 Å². The Labute approximate surface area is 102 Å². The summed E-state index contributed by atoms with van der Waals surface area (Å²) in [4.78, 5) is 15.9. The molecule has 0 saturated carbocycles. The Balaban J connectivity index is 2.39. The molecule has 0 aliphatic carbocycles. The van der Waals surface area contributed by atoms with Gasteiger partial charge < -0.3 is 4.57 Å². The fourth-order valence-corrected chi connectivity index (χ4v) is 2.27. The maximum Gasteiger partial charge on any atom is 0.150 e. The molecule has 0 atom stereocenters. The number of thioether (sulfide) groups is 1. The third-order valence-corrected chi connectivity index (χ3v) is 3.46. The molecule has 0 aliphatic rings. The van der Waals surface area contributed by atoms with E-state index in [9.17, 15) is 4.79 Å². The lowest BCUT2D eigenvalue weighted by atomic mass is 10.3. The minimum absolute atomic E-state index is 0.280. The number of imidazole rings is 1. The number of carbonyl (C=O) groups is 1. The monoisotopic (exact) mass is 240 g/mol. The molecule has 3 nitrogen and oxygen atoms in total. The highest BCUT2D eigenvalue weighted by molar-refractivity contribution is 7.99. The largest absolute Gasteiger partial charge is 0.335 e. The number of ketones is 1. The summed E-state index contributed by atoms with van der Waals surface area (Å²) in [5, 5.41) is 0. The molecule has 0 unspecified atom stereocenters. The minimum atomic E-state index is 0.280. The average Bonchev–Trinajstić information content (AvgIpc) is 2.67. The lowest BCUT2D eigenvalue weighted by Crippen LogP contribution is -2.11. The van der Waals surface area contributed by atoms with Crippen LogP contribution >= 0.6 is 11.8 Å². The first-order valence-corrected chi connectivity index (χ1v) is 7.02. The van der Waals surface area contributed by atoms with Gasteiger partial charge in [-0.3, -0.25) is 4.79 Å². The summed E-state index contributed by atoms with van der Waals surface area (Å²) in [5.41, 5.74) is 0. The maximum absolute atomic E-state index is 11.7. The van der Waals surface area contributed by atoms with Gasteiger partial charge in [-0.2, -0.15) is 11.8 Å². The number of hydrogen-bond donors (Lipinski definition) is 0. The fourth-order valence-electron chi connectivity index (χ4n) is 1.51. The number of aromatic nitrogens is 2. The van der Waals surface area contributed by atoms with Crippen molar-refractivity contribution in [1.29, 1.82) is 0 Å². The molecule has 0 aliphatic heterocycles. The van der Waals surface area contributed by atoms with Gasteiger partial charge in [0.15, 0.2) is 0 Å². The first kappa shape index (κ1) is 13.3. The molecular weight excluding hydrogens is 220 g/mol. The summed E-state index contributed by atoms with van der Waals surface area (Å²) < 4.78 is 2.07. The van der Waals surface area contributed by atoms with Crippen molar-refractivity contribution in [1.82, 2.24) is 9.55 Å². The SMILES string of the molecule is CCCSCC(=O)Cc1nccn1CCC. The van der Waals surface area contributed by atoms with Crippen molar-refractivity contribution < 1.29 is 4.79 Å². The molecule has 0 fully saturated rings. The van der Waals surface area contributed by atoms with Gasteiger partial charge in [0, 0.05) is 18.9 Å². The van der Waals surface area contributed by atoms with Crippen LogP contribution < -0.4 is 0 Å². The van der Waals surface area contributed by atoms with Crippen LogP contribution in [0.2, 0.25) is 0 Å². The van der Waals surface area contributed by atoms with Crippen molar-refractivity contribution in [3.8, 4) is 0 Å². The molecule has 1 heterocycles. The summed E-state index contributed by atoms with van der Waals surface area (Å²) >= 11 is 1.72. The molecule has 0 amide bonds. The molecule has 1 rings (SSSR count). The number of carbonyl (C=O) groups excluding carboxylic acids is 1. The molecule has 1 aromatic rings. The van der Waals surface area contributed by atoms with Crippen LogP contribution in [0.15, 0.2) is 12.4 Å². The quantitative estimate of drug-likeness (QED) is 0.655. The van der Waals surface area contributed by atoms with Gasteiger partial charge in [-0.05, 0) is 18.6 Å². The third kappa shape index (κ3) is 4.39. The first-order chi connectivity index (χ1) is 7.77. The summed E-state index contributed by atoms with van der Waals surface area (Å²) in [6, 6.07) is 0. The molecule has 0 N–H and O–H groups in total. The van der Waals surface area contributed by atoms with Gasteiger partial charge in [0.2, 0.25) is 0 Å². The van der Waals surface area contributed by atoms with E-state index in [0.29, 0.717) is 12.2 Å². The molecular formula is C12H20N2OS. The van der Waals surface area contributed by atoms with E-state index in [1.807, 2.05) is 6.20 Å². The molecule has 1 aromatic heterocycles. The zero-order valence-electron chi connectivity index (χ0n) is 10.1. The maximum atomic E-state index is 11.7. The van der Waals surface area contributed by atoms with Gasteiger partial charge in [0.25, 0.3) is 0 Å². The second-order valence-corrected chi connectivity index (χ2v) is 4.91. The van der Waals surface area contributed by atoms with Gasteiger partial charge in [-0.15, -0.1) is 0 Å². The lowest BCUT2D eigenvalue weighted by molar-refractivity contribution is -0.116. The van der Waals surface area contributed by atoms with Gasteiger partial charge >= 0.3 is 0 Å². The van der Waals surface area contributed by atoms with Crippen molar-refractivity contribution in [3.05, 3.63) is 18.2 Å². The predicted octanol–water partition coefficient (Wildman–Crippen LogP) is 2.55. The molecule has 16 heavy (non-hydrogen) atoms. The Hall–Kier alpha value is -0.770. The zero-order valence-corrected chi connectivity index (χ0v) is 10.9. The molecule has 0 saturated heterocycles. The van der Waals surface area contributed by atoms with Crippen LogP contribution in [0.5, 0.6) is 0 Å². The Morgan fingerprint density at radius 1 is 1.44 bits per heavy atom. The summed E-state index contributed by atoms with van der Waals surface area (Å²) in [6.45, 7) is 5.21. The second-order valence-electron chi connectivity index (χ2n) is 3.80. The van der Waals surface area contributed by atoms with E-state index in [1.54, 1.807) is 18.0 Å². The number of aryl methyl sites for hydroxylation is 1. The van der Waals surface area contributed by atoms with E-state index >= 15 is 0 Å². The normalized spacial score (nSPS) is 10.6. The fraction of sp³-hybridized carbons (Fsp3) is 0.667. The molecule has 4 heteroatoms. The van der Waals surface area contributed by atoms with Gasteiger partial charge in [0.05, 0.1) is 12.2 Å². The van der Waals surface area contributed by atoms with Gasteiger partial charge in [-0.25, -0.2) is 4.98 Å². The molecule has 0 radical (unpaired) electrons. The van der Waals surface area contributed by atoms with Crippen LogP contribution in [-0.4, -0.2) is 26.8 Å². The average molecular weight is 240 g/mol. The van der Waals surface area contributed by atoms with Crippen LogP contribution in [0.3, 0.4) is 0 Å². The Kier molecular flexibility index (Phi) is 6.23. The van der Waals surface area contributed by atoms with E-state index in [0.717, 1.165) is 31.0 Å². The number of hydrogen-bond acceptors (Lipinski definition) is 3. The van der Waals surface area contributed by atoms with Gasteiger partial charge in [0.1, 0.15) is 11.6 Å².